The van der Waals surface area contributed by atoms with Crippen LogP contribution in [-0.2, 0) is 23.7 Å². The summed E-state index contributed by atoms with van der Waals surface area (Å²) in [4.78, 5) is 22.1. The molecule has 0 bridgehead atoms. The van der Waals surface area contributed by atoms with Crippen molar-refractivity contribution in [1.82, 2.24) is 20.6 Å². The Labute approximate surface area is 248 Å². The number of nitrogens with one attached hydrogen (secondary N) is 2. The third-order valence-corrected chi connectivity index (χ3v) is 8.56. The largest absolute Gasteiger partial charge is 0.416 e. The third-order valence-electron chi connectivity index (χ3n) is 7.67. The Morgan fingerprint density at radius 3 is 2.30 bits per heavy atom. The molecule has 7 nitrogen and oxygen atoms in total. The van der Waals surface area contributed by atoms with E-state index in [2.05, 4.69) is 37.9 Å². The van der Waals surface area contributed by atoms with Crippen molar-refractivity contribution in [2.75, 3.05) is 31.2 Å². The molecule has 3 aromatic rings. The summed E-state index contributed by atoms with van der Waals surface area (Å²) in [5.41, 5.74) is 1.44. The summed E-state index contributed by atoms with van der Waals surface area (Å²) in [5.74, 6) is -0.810. The molecule has 1 unspecified atom stereocenters. The van der Waals surface area contributed by atoms with Gasteiger partial charge in [0.1, 0.15) is 13.0 Å². The number of rotatable bonds is 9. The van der Waals surface area contributed by atoms with E-state index in [0.717, 1.165) is 25.9 Å². The van der Waals surface area contributed by atoms with E-state index >= 15 is 0 Å². The van der Waals surface area contributed by atoms with E-state index in [4.69, 9.17) is 0 Å². The first kappa shape index (κ1) is 30.8. The van der Waals surface area contributed by atoms with E-state index in [1.54, 1.807) is 16.6 Å². The van der Waals surface area contributed by atoms with Crippen molar-refractivity contribution in [1.29, 1.82) is 0 Å². The van der Waals surface area contributed by atoms with Gasteiger partial charge in [0, 0.05) is 11.9 Å². The smallest absolute Gasteiger partial charge is 0.351 e. The lowest BCUT2D eigenvalue weighted by Gasteiger charge is -2.32. The molecule has 2 aromatic carbocycles. The molecule has 1 fully saturated rings. The van der Waals surface area contributed by atoms with Crippen LogP contribution in [0.15, 0.2) is 59.0 Å². The number of hydrazone groups is 1. The van der Waals surface area contributed by atoms with E-state index in [-0.39, 0.29) is 11.6 Å². The lowest BCUT2D eigenvalue weighted by atomic mass is 9.89. The maximum absolute atomic E-state index is 13.5. The number of likely N-dealkylation sites (tertiary alicyclic amines) is 1. The first-order chi connectivity index (χ1) is 20.5. The SMILES string of the molecule is O=C(NCc1cc(C(F)(F)F)cc(C(F)(F)F)c1)C(CCN1CCC(c2ccccc2)CC1)c1csc(N2C=NNC2)n1. The second kappa shape index (κ2) is 12.9. The highest BCUT2D eigenvalue weighted by molar-refractivity contribution is 7.14. The molecular weight excluding hydrogens is 594 g/mol. The van der Waals surface area contributed by atoms with Crippen LogP contribution < -0.4 is 15.6 Å². The molecule has 5 rings (SSSR count). The Kier molecular flexibility index (Phi) is 9.25. The number of hydrogen-bond acceptors (Lipinski definition) is 7. The minimum absolute atomic E-state index is 0.0718. The van der Waals surface area contributed by atoms with E-state index in [1.807, 2.05) is 18.2 Å². The molecule has 0 spiro atoms. The van der Waals surface area contributed by atoms with Gasteiger partial charge in [0.25, 0.3) is 0 Å². The Morgan fingerprint density at radius 2 is 1.70 bits per heavy atom. The van der Waals surface area contributed by atoms with E-state index in [1.165, 1.54) is 16.9 Å². The van der Waals surface area contributed by atoms with Crippen LogP contribution in [0.4, 0.5) is 31.5 Å². The number of benzene rings is 2. The molecule has 2 N–H and O–H groups in total. The summed E-state index contributed by atoms with van der Waals surface area (Å²) < 4.78 is 80.0. The van der Waals surface area contributed by atoms with Crippen molar-refractivity contribution < 1.29 is 31.1 Å². The van der Waals surface area contributed by atoms with Crippen LogP contribution in [0.3, 0.4) is 0 Å². The van der Waals surface area contributed by atoms with Gasteiger partial charge in [-0.15, -0.1) is 11.3 Å². The van der Waals surface area contributed by atoms with Crippen LogP contribution in [0.25, 0.3) is 0 Å². The van der Waals surface area contributed by atoms with Crippen molar-refractivity contribution in [3.05, 3.63) is 81.9 Å². The van der Waals surface area contributed by atoms with Gasteiger partial charge in [-0.3, -0.25) is 15.1 Å². The third kappa shape index (κ3) is 7.85. The van der Waals surface area contributed by atoms with Gasteiger partial charge in [0.15, 0.2) is 5.13 Å². The fourth-order valence-electron chi connectivity index (χ4n) is 5.33. The second-order valence-electron chi connectivity index (χ2n) is 10.6. The zero-order chi connectivity index (χ0) is 30.6. The molecule has 0 radical (unpaired) electrons. The van der Waals surface area contributed by atoms with Crippen molar-refractivity contribution in [3.63, 3.8) is 0 Å². The minimum Gasteiger partial charge on any atom is -0.351 e. The molecule has 2 aliphatic rings. The average molecular weight is 625 g/mol. The molecule has 14 heteroatoms. The number of piperidine rings is 1. The normalized spacial score (nSPS) is 17.2. The molecule has 1 amide bonds. The van der Waals surface area contributed by atoms with Crippen molar-refractivity contribution in [2.45, 2.75) is 50.0 Å². The minimum atomic E-state index is -4.97. The van der Waals surface area contributed by atoms with Crippen LogP contribution in [-0.4, -0.2) is 48.4 Å². The van der Waals surface area contributed by atoms with Gasteiger partial charge in [0.05, 0.1) is 22.7 Å². The van der Waals surface area contributed by atoms with E-state index in [0.29, 0.717) is 48.5 Å². The predicted octanol–water partition coefficient (Wildman–Crippen LogP) is 6.16. The van der Waals surface area contributed by atoms with Crippen LogP contribution in [0, 0.1) is 0 Å². The molecule has 43 heavy (non-hydrogen) atoms. The highest BCUT2D eigenvalue weighted by atomic mass is 32.1. The van der Waals surface area contributed by atoms with Crippen LogP contribution >= 0.6 is 11.3 Å². The maximum atomic E-state index is 13.5. The number of halogens is 6. The van der Waals surface area contributed by atoms with Crippen molar-refractivity contribution in [3.8, 4) is 0 Å². The Morgan fingerprint density at radius 1 is 1.02 bits per heavy atom. The van der Waals surface area contributed by atoms with Crippen LogP contribution in [0.2, 0.25) is 0 Å². The average Bonchev–Trinajstić information content (AvgIpc) is 3.69. The number of anilines is 1. The quantitative estimate of drug-likeness (QED) is 0.279. The fraction of sp³-hybridized carbons (Fsp3) is 0.414. The van der Waals surface area contributed by atoms with Crippen LogP contribution in [0.1, 0.15) is 59.0 Å². The summed E-state index contributed by atoms with van der Waals surface area (Å²) in [5, 5.41) is 8.87. The molecule has 1 saturated heterocycles. The van der Waals surface area contributed by atoms with Crippen molar-refractivity contribution in [2.24, 2.45) is 5.10 Å². The van der Waals surface area contributed by atoms with Crippen molar-refractivity contribution >= 4 is 28.7 Å². The fourth-order valence-corrected chi connectivity index (χ4v) is 6.18. The Hall–Kier alpha value is -3.65. The molecule has 2 aliphatic heterocycles. The number of nitrogens with zero attached hydrogens (tertiary/aromatic N) is 4. The Bertz CT molecular complexity index is 1390. The summed E-state index contributed by atoms with van der Waals surface area (Å²) >= 11 is 1.32. The van der Waals surface area contributed by atoms with E-state index < -0.39 is 41.8 Å². The first-order valence-corrected chi connectivity index (χ1v) is 14.7. The lowest BCUT2D eigenvalue weighted by Crippen LogP contribution is -2.36. The summed E-state index contributed by atoms with van der Waals surface area (Å²) in [7, 11) is 0. The zero-order valence-electron chi connectivity index (χ0n) is 23.0. The molecule has 1 atom stereocenters. The molecule has 1 aromatic heterocycles. The molecule has 0 aliphatic carbocycles. The predicted molar refractivity (Wildman–Crippen MR) is 152 cm³/mol. The van der Waals surface area contributed by atoms with Gasteiger partial charge in [-0.2, -0.15) is 31.4 Å². The first-order valence-electron chi connectivity index (χ1n) is 13.8. The summed E-state index contributed by atoms with van der Waals surface area (Å²) in [6, 6.07) is 11.6. The summed E-state index contributed by atoms with van der Waals surface area (Å²) in [6.07, 6.45) is -6.04. The zero-order valence-corrected chi connectivity index (χ0v) is 23.8. The van der Waals surface area contributed by atoms with Gasteiger partial charge >= 0.3 is 12.4 Å². The molecule has 0 saturated carbocycles. The second-order valence-corrected chi connectivity index (χ2v) is 11.4. The molecule has 3 heterocycles. The lowest BCUT2D eigenvalue weighted by molar-refractivity contribution is -0.143. The topological polar surface area (TPSA) is 72.9 Å². The van der Waals surface area contributed by atoms with Gasteiger partial charge in [-0.1, -0.05) is 30.3 Å². The number of hydrogen-bond donors (Lipinski definition) is 2. The maximum Gasteiger partial charge on any atom is 0.416 e. The number of thiazole rings is 1. The number of carbonyl (C=O) groups excluding carboxylic acids is 1. The highest BCUT2D eigenvalue weighted by Gasteiger charge is 2.37. The van der Waals surface area contributed by atoms with E-state index in [9.17, 15) is 31.1 Å². The number of amides is 1. The van der Waals surface area contributed by atoms with Crippen LogP contribution in [0.5, 0.6) is 0 Å². The van der Waals surface area contributed by atoms with Gasteiger partial charge in [-0.25, -0.2) is 4.98 Å². The Balaban J connectivity index is 1.28. The van der Waals surface area contributed by atoms with Gasteiger partial charge < -0.3 is 10.2 Å². The molecular formula is C29H30F6N6OS. The molecule has 230 valence electrons. The summed E-state index contributed by atoms with van der Waals surface area (Å²) in [6.45, 7) is 2.19. The number of alkyl halides is 6. The highest BCUT2D eigenvalue weighted by Crippen LogP contribution is 2.36. The monoisotopic (exact) mass is 624 g/mol. The van der Waals surface area contributed by atoms with Gasteiger partial charge in [-0.05, 0) is 74.1 Å². The standard InChI is InChI=1S/C29H30F6N6OS/c30-28(31,32)22-12-19(13-23(14-22)29(33,34)35)15-36-26(42)24(25-16-43-27(39-25)41-17-37-38-18-41)8-11-40-9-6-21(7-10-40)20-4-2-1-3-5-20/h1-5,12-14,16-17,21,24,38H,6-11,15,18H2,(H,36,42). The number of carbonyl (C=O) groups is 1. The van der Waals surface area contributed by atoms with Gasteiger partial charge in [0.2, 0.25) is 5.91 Å². The number of aromatic nitrogens is 1.